The van der Waals surface area contributed by atoms with Crippen molar-refractivity contribution >= 4 is 28.9 Å². The van der Waals surface area contributed by atoms with Crippen LogP contribution in [0.3, 0.4) is 0 Å². The van der Waals surface area contributed by atoms with Crippen LogP contribution < -0.4 is 5.32 Å². The standard InChI is InChI=1S/C17H19ClN2O3/c18-14-2-1-13(20(22)23)6-15(14)19-16(21)17-7-10-3-11(8-17)5-12(4-10)9-17/h1-2,6,10-12H,3-5,7-9H2,(H,19,21). The molecule has 0 aliphatic heterocycles. The van der Waals surface area contributed by atoms with Crippen LogP contribution in [0.2, 0.25) is 5.02 Å². The van der Waals surface area contributed by atoms with E-state index in [2.05, 4.69) is 5.32 Å². The van der Waals surface area contributed by atoms with Gasteiger partial charge in [-0.05, 0) is 62.3 Å². The van der Waals surface area contributed by atoms with Crippen molar-refractivity contribution in [1.82, 2.24) is 0 Å². The van der Waals surface area contributed by atoms with E-state index >= 15 is 0 Å². The Balaban J connectivity index is 1.59. The van der Waals surface area contributed by atoms with Crippen LogP contribution in [0.15, 0.2) is 18.2 Å². The summed E-state index contributed by atoms with van der Waals surface area (Å²) in [4.78, 5) is 23.4. The maximum absolute atomic E-state index is 13.0. The summed E-state index contributed by atoms with van der Waals surface area (Å²) in [6.07, 6.45) is 6.67. The van der Waals surface area contributed by atoms with Crippen LogP contribution in [-0.4, -0.2) is 10.8 Å². The summed E-state index contributed by atoms with van der Waals surface area (Å²) in [7, 11) is 0. The maximum Gasteiger partial charge on any atom is 0.271 e. The highest BCUT2D eigenvalue weighted by molar-refractivity contribution is 6.33. The number of carbonyl (C=O) groups is 1. The molecule has 23 heavy (non-hydrogen) atoms. The van der Waals surface area contributed by atoms with Crippen molar-refractivity contribution in [2.75, 3.05) is 5.32 Å². The molecule has 4 fully saturated rings. The molecule has 0 saturated heterocycles. The first-order chi connectivity index (χ1) is 10.9. The normalized spacial score (nSPS) is 34.4. The molecule has 4 saturated carbocycles. The molecule has 1 amide bonds. The molecule has 5 rings (SSSR count). The van der Waals surface area contributed by atoms with Crippen LogP contribution in [0.1, 0.15) is 38.5 Å². The van der Waals surface area contributed by atoms with Gasteiger partial charge in [0.1, 0.15) is 0 Å². The van der Waals surface area contributed by atoms with E-state index in [1.54, 1.807) is 0 Å². The third kappa shape index (κ3) is 2.51. The van der Waals surface area contributed by atoms with E-state index in [1.165, 1.54) is 37.5 Å². The molecule has 1 N–H and O–H groups in total. The zero-order valence-corrected chi connectivity index (χ0v) is 13.5. The van der Waals surface area contributed by atoms with Crippen molar-refractivity contribution in [3.05, 3.63) is 33.3 Å². The summed E-state index contributed by atoms with van der Waals surface area (Å²) >= 11 is 6.12. The molecule has 0 spiro atoms. The van der Waals surface area contributed by atoms with E-state index in [0.717, 1.165) is 19.3 Å². The molecule has 4 aliphatic rings. The van der Waals surface area contributed by atoms with E-state index in [4.69, 9.17) is 11.6 Å². The number of hydrogen-bond acceptors (Lipinski definition) is 3. The lowest BCUT2D eigenvalue weighted by atomic mass is 9.49. The van der Waals surface area contributed by atoms with E-state index in [0.29, 0.717) is 28.5 Å². The first kappa shape index (κ1) is 14.9. The van der Waals surface area contributed by atoms with Gasteiger partial charge < -0.3 is 5.32 Å². The second kappa shape index (κ2) is 5.20. The lowest BCUT2D eigenvalue weighted by Crippen LogP contribution is -2.51. The fourth-order valence-electron chi connectivity index (χ4n) is 5.37. The molecule has 1 aromatic carbocycles. The molecular formula is C17H19ClN2O3. The highest BCUT2D eigenvalue weighted by atomic mass is 35.5. The van der Waals surface area contributed by atoms with Crippen LogP contribution in [0.4, 0.5) is 11.4 Å². The molecular weight excluding hydrogens is 316 g/mol. The summed E-state index contributed by atoms with van der Waals surface area (Å²) in [6, 6.07) is 4.17. The molecule has 1 aromatic rings. The van der Waals surface area contributed by atoms with Gasteiger partial charge in [-0.15, -0.1) is 0 Å². The van der Waals surface area contributed by atoms with Gasteiger partial charge in [0.2, 0.25) is 5.91 Å². The van der Waals surface area contributed by atoms with Crippen molar-refractivity contribution < 1.29 is 9.72 Å². The number of nitrogens with zero attached hydrogens (tertiary/aromatic N) is 1. The van der Waals surface area contributed by atoms with E-state index in [9.17, 15) is 14.9 Å². The highest BCUT2D eigenvalue weighted by Crippen LogP contribution is 2.60. The Bertz CT molecular complexity index is 653. The Morgan fingerprint density at radius 2 is 1.74 bits per heavy atom. The Hall–Kier alpha value is -1.62. The van der Waals surface area contributed by atoms with Crippen LogP contribution in [-0.2, 0) is 4.79 Å². The van der Waals surface area contributed by atoms with Crippen LogP contribution in [0.25, 0.3) is 0 Å². The number of halogens is 1. The summed E-state index contributed by atoms with van der Waals surface area (Å²) in [5.41, 5.74) is -0.000262. The van der Waals surface area contributed by atoms with Gasteiger partial charge in [-0.3, -0.25) is 14.9 Å². The number of nitro benzene ring substituents is 1. The summed E-state index contributed by atoms with van der Waals surface area (Å²) in [5.74, 6) is 2.02. The average Bonchev–Trinajstić information content (AvgIpc) is 2.47. The Morgan fingerprint density at radius 1 is 1.17 bits per heavy atom. The third-order valence-corrected chi connectivity index (χ3v) is 6.26. The van der Waals surface area contributed by atoms with Gasteiger partial charge in [0.15, 0.2) is 0 Å². The fourth-order valence-corrected chi connectivity index (χ4v) is 5.53. The second-order valence-corrected chi connectivity index (χ2v) is 7.98. The number of amides is 1. The summed E-state index contributed by atoms with van der Waals surface area (Å²) < 4.78 is 0. The van der Waals surface area contributed by atoms with Crippen molar-refractivity contribution in [3.8, 4) is 0 Å². The number of rotatable bonds is 3. The molecule has 122 valence electrons. The Morgan fingerprint density at radius 3 is 2.26 bits per heavy atom. The molecule has 6 heteroatoms. The summed E-state index contributed by atoms with van der Waals surface area (Å²) in [5, 5.41) is 14.2. The van der Waals surface area contributed by atoms with E-state index in [-0.39, 0.29) is 17.0 Å². The highest BCUT2D eigenvalue weighted by Gasteiger charge is 2.54. The van der Waals surface area contributed by atoms with E-state index < -0.39 is 4.92 Å². The molecule has 0 radical (unpaired) electrons. The van der Waals surface area contributed by atoms with Gasteiger partial charge >= 0.3 is 0 Å². The van der Waals surface area contributed by atoms with Crippen molar-refractivity contribution in [2.24, 2.45) is 23.2 Å². The predicted molar refractivity (Wildman–Crippen MR) is 87.3 cm³/mol. The number of benzene rings is 1. The lowest BCUT2D eigenvalue weighted by Gasteiger charge is -2.55. The monoisotopic (exact) mass is 334 g/mol. The number of hydrogen-bond donors (Lipinski definition) is 1. The smallest absolute Gasteiger partial charge is 0.271 e. The van der Waals surface area contributed by atoms with E-state index in [1.807, 2.05) is 0 Å². The molecule has 4 aliphatic carbocycles. The fraction of sp³-hybridized carbons (Fsp3) is 0.588. The van der Waals surface area contributed by atoms with Gasteiger partial charge in [0, 0.05) is 12.1 Å². The lowest BCUT2D eigenvalue weighted by molar-refractivity contribution is -0.384. The van der Waals surface area contributed by atoms with Crippen LogP contribution >= 0.6 is 11.6 Å². The van der Waals surface area contributed by atoms with Gasteiger partial charge in [-0.25, -0.2) is 0 Å². The van der Waals surface area contributed by atoms with Gasteiger partial charge in [-0.2, -0.15) is 0 Å². The number of nitrogens with one attached hydrogen (secondary N) is 1. The minimum Gasteiger partial charge on any atom is -0.324 e. The van der Waals surface area contributed by atoms with Crippen LogP contribution in [0, 0.1) is 33.3 Å². The van der Waals surface area contributed by atoms with Gasteiger partial charge in [0.05, 0.1) is 21.0 Å². The quantitative estimate of drug-likeness (QED) is 0.657. The Labute approximate surface area is 139 Å². The van der Waals surface area contributed by atoms with Gasteiger partial charge in [0.25, 0.3) is 5.69 Å². The third-order valence-electron chi connectivity index (χ3n) is 5.93. The van der Waals surface area contributed by atoms with Crippen molar-refractivity contribution in [3.63, 3.8) is 0 Å². The molecule has 0 aromatic heterocycles. The molecule has 0 atom stereocenters. The van der Waals surface area contributed by atoms with Gasteiger partial charge in [-0.1, -0.05) is 11.6 Å². The molecule has 0 heterocycles. The predicted octanol–water partition coefficient (Wildman–Crippen LogP) is 4.40. The number of anilines is 1. The maximum atomic E-state index is 13.0. The minimum absolute atomic E-state index is 0.000928. The largest absolute Gasteiger partial charge is 0.324 e. The zero-order chi connectivity index (χ0) is 16.2. The topological polar surface area (TPSA) is 72.2 Å². The SMILES string of the molecule is O=C(Nc1cc([N+](=O)[O-])ccc1Cl)C12CC3CC(CC(C3)C1)C2. The van der Waals surface area contributed by atoms with Crippen LogP contribution in [0.5, 0.6) is 0 Å². The first-order valence-electron chi connectivity index (χ1n) is 8.20. The Kier molecular flexibility index (Phi) is 3.38. The first-order valence-corrected chi connectivity index (χ1v) is 8.58. The average molecular weight is 335 g/mol. The summed E-state index contributed by atoms with van der Waals surface area (Å²) in [6.45, 7) is 0. The molecule has 0 unspecified atom stereocenters. The number of carbonyl (C=O) groups excluding carboxylic acids is 1. The number of nitro groups is 1. The zero-order valence-electron chi connectivity index (χ0n) is 12.8. The second-order valence-electron chi connectivity index (χ2n) is 7.57. The van der Waals surface area contributed by atoms with Crippen molar-refractivity contribution in [2.45, 2.75) is 38.5 Å². The molecule has 4 bridgehead atoms. The number of non-ortho nitro benzene ring substituents is 1. The minimum atomic E-state index is -0.475. The van der Waals surface area contributed by atoms with Crippen molar-refractivity contribution in [1.29, 1.82) is 0 Å². The molecule has 5 nitrogen and oxygen atoms in total.